The number of nitrogens with zero attached hydrogens (tertiary/aromatic N) is 2. The van der Waals surface area contributed by atoms with Crippen molar-refractivity contribution in [3.8, 4) is 0 Å². The number of rotatable bonds is 1. The summed E-state index contributed by atoms with van der Waals surface area (Å²) in [4.78, 5) is 0. The molecule has 0 saturated heterocycles. The number of benzene rings is 1. The van der Waals surface area contributed by atoms with Gasteiger partial charge >= 0.3 is 0 Å². The number of hydrogen-bond acceptors (Lipinski definition) is 2. The third-order valence-electron chi connectivity index (χ3n) is 2.06. The van der Waals surface area contributed by atoms with Crippen LogP contribution in [-0.2, 0) is 13.6 Å². The smallest absolute Gasteiger partial charge is 0.111 e. The van der Waals surface area contributed by atoms with Gasteiger partial charge in [0, 0.05) is 19.0 Å². The summed E-state index contributed by atoms with van der Waals surface area (Å²) in [6.45, 7) is 0.567. The molecule has 2 rings (SSSR count). The molecule has 0 aliphatic carbocycles. The molecular formula is C9H10BrN3. The molecule has 0 aliphatic heterocycles. The van der Waals surface area contributed by atoms with Crippen LogP contribution in [0.4, 0.5) is 0 Å². The maximum atomic E-state index is 5.56. The Kier molecular flexibility index (Phi) is 2.09. The number of aryl methyl sites for hydroxylation is 1. The highest BCUT2D eigenvalue weighted by atomic mass is 79.9. The fourth-order valence-electron chi connectivity index (χ4n) is 1.34. The fourth-order valence-corrected chi connectivity index (χ4v) is 1.74. The van der Waals surface area contributed by atoms with Crippen molar-refractivity contribution in [2.45, 2.75) is 6.54 Å². The zero-order valence-electron chi connectivity index (χ0n) is 7.29. The van der Waals surface area contributed by atoms with Gasteiger partial charge in [0.25, 0.3) is 0 Å². The average Bonchev–Trinajstić information content (AvgIpc) is 2.43. The van der Waals surface area contributed by atoms with Crippen LogP contribution in [0.25, 0.3) is 10.9 Å². The molecule has 0 unspecified atom stereocenters. The lowest BCUT2D eigenvalue weighted by Crippen LogP contribution is -1.94. The first kappa shape index (κ1) is 8.72. The van der Waals surface area contributed by atoms with Gasteiger partial charge in [-0.15, -0.1) is 0 Å². The summed E-state index contributed by atoms with van der Waals surface area (Å²) in [7, 11) is 1.91. The monoisotopic (exact) mass is 239 g/mol. The molecule has 0 aliphatic rings. The third kappa shape index (κ3) is 1.36. The van der Waals surface area contributed by atoms with Crippen molar-refractivity contribution in [2.24, 2.45) is 12.8 Å². The molecule has 4 heteroatoms. The molecule has 0 radical (unpaired) electrons. The van der Waals surface area contributed by atoms with E-state index in [-0.39, 0.29) is 0 Å². The first-order valence-electron chi connectivity index (χ1n) is 4.03. The van der Waals surface area contributed by atoms with Crippen LogP contribution in [0.3, 0.4) is 0 Å². The van der Waals surface area contributed by atoms with Crippen LogP contribution >= 0.6 is 15.9 Å². The van der Waals surface area contributed by atoms with E-state index in [1.54, 1.807) is 0 Å². The highest BCUT2D eigenvalue weighted by molar-refractivity contribution is 9.10. The fraction of sp³-hybridized carbons (Fsp3) is 0.222. The van der Waals surface area contributed by atoms with E-state index in [0.29, 0.717) is 6.54 Å². The van der Waals surface area contributed by atoms with Crippen LogP contribution < -0.4 is 5.73 Å². The van der Waals surface area contributed by atoms with Gasteiger partial charge in [-0.1, -0.05) is 6.07 Å². The number of fused-ring (bicyclic) bond motifs is 1. The maximum Gasteiger partial charge on any atom is 0.111 e. The zero-order chi connectivity index (χ0) is 9.42. The Hall–Kier alpha value is -0.870. The minimum Gasteiger partial charge on any atom is -0.326 e. The van der Waals surface area contributed by atoms with E-state index >= 15 is 0 Å². The van der Waals surface area contributed by atoms with Crippen molar-refractivity contribution in [3.05, 3.63) is 28.4 Å². The Morgan fingerprint density at radius 1 is 1.54 bits per heavy atom. The summed E-state index contributed by atoms with van der Waals surface area (Å²) in [5, 5.41) is 5.43. The lowest BCUT2D eigenvalue weighted by Gasteiger charge is -1.95. The molecule has 1 aromatic carbocycles. The van der Waals surface area contributed by atoms with Gasteiger partial charge in [-0.25, -0.2) is 0 Å². The molecule has 2 aromatic rings. The molecule has 0 bridgehead atoms. The standard InChI is InChI=1S/C9H10BrN3/c1-13-9(10)7-4-6(5-11)2-3-8(7)12-13/h2-4H,5,11H2,1H3. The van der Waals surface area contributed by atoms with Crippen LogP contribution in [-0.4, -0.2) is 9.78 Å². The van der Waals surface area contributed by atoms with E-state index in [2.05, 4.69) is 27.1 Å². The summed E-state index contributed by atoms with van der Waals surface area (Å²) in [5.74, 6) is 0. The average molecular weight is 240 g/mol. The molecule has 1 aromatic heterocycles. The van der Waals surface area contributed by atoms with Crippen molar-refractivity contribution in [3.63, 3.8) is 0 Å². The molecule has 0 amide bonds. The highest BCUT2D eigenvalue weighted by Gasteiger charge is 2.05. The van der Waals surface area contributed by atoms with Gasteiger partial charge in [-0.3, -0.25) is 4.68 Å². The van der Waals surface area contributed by atoms with Crippen molar-refractivity contribution in [1.29, 1.82) is 0 Å². The van der Waals surface area contributed by atoms with Gasteiger partial charge in [-0.2, -0.15) is 5.10 Å². The Bertz CT molecular complexity index is 447. The second kappa shape index (κ2) is 3.12. The van der Waals surface area contributed by atoms with Gasteiger partial charge < -0.3 is 5.73 Å². The summed E-state index contributed by atoms with van der Waals surface area (Å²) in [5.41, 5.74) is 7.67. The number of hydrogen-bond donors (Lipinski definition) is 1. The molecule has 0 saturated carbocycles. The van der Waals surface area contributed by atoms with E-state index in [9.17, 15) is 0 Å². The molecule has 0 spiro atoms. The molecular weight excluding hydrogens is 230 g/mol. The Morgan fingerprint density at radius 2 is 2.31 bits per heavy atom. The van der Waals surface area contributed by atoms with Gasteiger partial charge in [0.1, 0.15) is 4.60 Å². The van der Waals surface area contributed by atoms with E-state index in [1.807, 2.05) is 23.9 Å². The predicted molar refractivity (Wildman–Crippen MR) is 56.3 cm³/mol. The second-order valence-electron chi connectivity index (χ2n) is 2.97. The largest absolute Gasteiger partial charge is 0.326 e. The van der Waals surface area contributed by atoms with Crippen LogP contribution in [0.2, 0.25) is 0 Å². The van der Waals surface area contributed by atoms with Crippen LogP contribution in [0.15, 0.2) is 22.8 Å². The number of aromatic nitrogens is 2. The first-order chi connectivity index (χ1) is 6.22. The molecule has 1 heterocycles. The minimum atomic E-state index is 0.567. The van der Waals surface area contributed by atoms with Crippen LogP contribution in [0, 0.1) is 0 Å². The van der Waals surface area contributed by atoms with Crippen LogP contribution in [0.1, 0.15) is 5.56 Å². The van der Waals surface area contributed by atoms with Gasteiger partial charge in [0.05, 0.1) is 5.52 Å². The summed E-state index contributed by atoms with van der Waals surface area (Å²) >= 11 is 3.47. The van der Waals surface area contributed by atoms with Crippen molar-refractivity contribution in [1.82, 2.24) is 9.78 Å². The minimum absolute atomic E-state index is 0.567. The van der Waals surface area contributed by atoms with Crippen LogP contribution in [0.5, 0.6) is 0 Å². The zero-order valence-corrected chi connectivity index (χ0v) is 8.87. The van der Waals surface area contributed by atoms with Crippen molar-refractivity contribution >= 4 is 26.8 Å². The normalized spacial score (nSPS) is 11.0. The molecule has 0 fully saturated rings. The van der Waals surface area contributed by atoms with Gasteiger partial charge in [-0.05, 0) is 33.6 Å². The maximum absolute atomic E-state index is 5.56. The molecule has 0 atom stereocenters. The molecule has 68 valence electrons. The third-order valence-corrected chi connectivity index (χ3v) is 3.00. The molecule has 13 heavy (non-hydrogen) atoms. The molecule has 3 nitrogen and oxygen atoms in total. The molecule has 2 N–H and O–H groups in total. The lowest BCUT2D eigenvalue weighted by molar-refractivity contribution is 0.761. The topological polar surface area (TPSA) is 43.8 Å². The van der Waals surface area contributed by atoms with Gasteiger partial charge in [0.2, 0.25) is 0 Å². The van der Waals surface area contributed by atoms with Crippen molar-refractivity contribution in [2.75, 3.05) is 0 Å². The first-order valence-corrected chi connectivity index (χ1v) is 4.83. The highest BCUT2D eigenvalue weighted by Crippen LogP contribution is 2.23. The second-order valence-corrected chi connectivity index (χ2v) is 3.72. The van der Waals surface area contributed by atoms with E-state index < -0.39 is 0 Å². The Morgan fingerprint density at radius 3 is 3.00 bits per heavy atom. The number of halogens is 1. The Labute approximate surface area is 84.7 Å². The quantitative estimate of drug-likeness (QED) is 0.825. The summed E-state index contributed by atoms with van der Waals surface area (Å²) in [6.07, 6.45) is 0. The van der Waals surface area contributed by atoms with Gasteiger partial charge in [0.15, 0.2) is 0 Å². The Balaban J connectivity index is 2.75. The number of nitrogens with two attached hydrogens (primary N) is 1. The lowest BCUT2D eigenvalue weighted by atomic mass is 10.2. The summed E-state index contributed by atoms with van der Waals surface area (Å²) in [6, 6.07) is 6.05. The predicted octanol–water partition coefficient (Wildman–Crippen LogP) is 1.79. The summed E-state index contributed by atoms with van der Waals surface area (Å²) < 4.78 is 2.81. The van der Waals surface area contributed by atoms with Crippen molar-refractivity contribution < 1.29 is 0 Å². The SMILES string of the molecule is Cn1nc2ccc(CN)cc2c1Br. The van der Waals surface area contributed by atoms with E-state index in [4.69, 9.17) is 5.73 Å². The van der Waals surface area contributed by atoms with E-state index in [1.165, 1.54) is 0 Å². The van der Waals surface area contributed by atoms with E-state index in [0.717, 1.165) is 21.1 Å².